The van der Waals surface area contributed by atoms with Crippen LogP contribution in [0.3, 0.4) is 0 Å². The number of benzene rings is 1. The Morgan fingerprint density at radius 3 is 2.35 bits per heavy atom. The molecule has 0 aliphatic rings. The quantitative estimate of drug-likeness (QED) is 0.866. The van der Waals surface area contributed by atoms with Crippen molar-refractivity contribution in [2.75, 3.05) is 0 Å². The van der Waals surface area contributed by atoms with E-state index in [0.717, 1.165) is 12.1 Å². The first-order valence-electron chi connectivity index (χ1n) is 4.95. The standard InChI is InChI=1S/C12H12F3NO/c1-11(2,7-16)10(17)8-4-3-5-9(6-8)12(13,14)15/h3-6,10,17H,1-2H3. The summed E-state index contributed by atoms with van der Waals surface area (Å²) < 4.78 is 37.4. The lowest BCUT2D eigenvalue weighted by Crippen LogP contribution is -2.20. The Morgan fingerprint density at radius 2 is 1.88 bits per heavy atom. The number of aliphatic hydroxyl groups is 1. The van der Waals surface area contributed by atoms with Gasteiger partial charge < -0.3 is 5.11 Å². The summed E-state index contributed by atoms with van der Waals surface area (Å²) in [4.78, 5) is 0. The highest BCUT2D eigenvalue weighted by Gasteiger charge is 2.33. The molecule has 0 aromatic heterocycles. The van der Waals surface area contributed by atoms with Crippen LogP contribution in [0.25, 0.3) is 0 Å². The molecule has 0 saturated heterocycles. The van der Waals surface area contributed by atoms with Crippen LogP contribution < -0.4 is 0 Å². The van der Waals surface area contributed by atoms with Gasteiger partial charge in [0.1, 0.15) is 0 Å². The van der Waals surface area contributed by atoms with Gasteiger partial charge in [0.15, 0.2) is 0 Å². The average Bonchev–Trinajstić information content (AvgIpc) is 2.27. The Morgan fingerprint density at radius 1 is 1.29 bits per heavy atom. The van der Waals surface area contributed by atoms with Crippen molar-refractivity contribution in [3.8, 4) is 6.07 Å². The van der Waals surface area contributed by atoms with Crippen molar-refractivity contribution in [3.05, 3.63) is 35.4 Å². The van der Waals surface area contributed by atoms with Crippen LogP contribution in [0.15, 0.2) is 24.3 Å². The van der Waals surface area contributed by atoms with Gasteiger partial charge >= 0.3 is 6.18 Å². The molecule has 0 fully saturated rings. The minimum Gasteiger partial charge on any atom is -0.387 e. The molecule has 1 aromatic rings. The van der Waals surface area contributed by atoms with Crippen molar-refractivity contribution < 1.29 is 18.3 Å². The molecule has 17 heavy (non-hydrogen) atoms. The van der Waals surface area contributed by atoms with Crippen molar-refractivity contribution in [1.29, 1.82) is 5.26 Å². The molecule has 0 saturated carbocycles. The van der Waals surface area contributed by atoms with Crippen LogP contribution in [-0.4, -0.2) is 5.11 Å². The molecule has 1 rings (SSSR count). The van der Waals surface area contributed by atoms with Gasteiger partial charge in [-0.2, -0.15) is 18.4 Å². The Hall–Kier alpha value is -1.54. The zero-order valence-corrected chi connectivity index (χ0v) is 9.42. The van der Waals surface area contributed by atoms with Gasteiger partial charge in [-0.05, 0) is 31.5 Å². The number of nitriles is 1. The maximum atomic E-state index is 12.5. The average molecular weight is 243 g/mol. The SMILES string of the molecule is CC(C)(C#N)C(O)c1cccc(C(F)(F)F)c1. The fourth-order valence-corrected chi connectivity index (χ4v) is 1.36. The van der Waals surface area contributed by atoms with E-state index in [-0.39, 0.29) is 5.56 Å². The van der Waals surface area contributed by atoms with Gasteiger partial charge in [0, 0.05) is 0 Å². The largest absolute Gasteiger partial charge is 0.416 e. The second kappa shape index (κ2) is 4.38. The molecular formula is C12H12F3NO. The van der Waals surface area contributed by atoms with Crippen molar-refractivity contribution in [3.63, 3.8) is 0 Å². The number of hydrogen-bond donors (Lipinski definition) is 1. The third-order valence-electron chi connectivity index (χ3n) is 2.50. The zero-order valence-electron chi connectivity index (χ0n) is 9.42. The fraction of sp³-hybridized carbons (Fsp3) is 0.417. The summed E-state index contributed by atoms with van der Waals surface area (Å²) in [6.07, 6.45) is -5.71. The van der Waals surface area contributed by atoms with E-state index >= 15 is 0 Å². The van der Waals surface area contributed by atoms with Gasteiger partial charge in [-0.15, -0.1) is 0 Å². The van der Waals surface area contributed by atoms with Gasteiger partial charge in [-0.3, -0.25) is 0 Å². The molecule has 1 aromatic carbocycles. The predicted molar refractivity (Wildman–Crippen MR) is 55.8 cm³/mol. The molecule has 92 valence electrons. The van der Waals surface area contributed by atoms with Crippen LogP contribution in [0, 0.1) is 16.7 Å². The Bertz CT molecular complexity index is 446. The monoisotopic (exact) mass is 243 g/mol. The molecule has 1 unspecified atom stereocenters. The lowest BCUT2D eigenvalue weighted by molar-refractivity contribution is -0.137. The Kier molecular flexibility index (Phi) is 3.48. The van der Waals surface area contributed by atoms with Gasteiger partial charge in [0.25, 0.3) is 0 Å². The van der Waals surface area contributed by atoms with E-state index in [4.69, 9.17) is 5.26 Å². The molecule has 1 atom stereocenters. The summed E-state index contributed by atoms with van der Waals surface area (Å²) in [6, 6.07) is 6.25. The van der Waals surface area contributed by atoms with E-state index in [2.05, 4.69) is 0 Å². The van der Waals surface area contributed by atoms with Crippen LogP contribution in [0.4, 0.5) is 13.2 Å². The van der Waals surface area contributed by atoms with E-state index in [1.54, 1.807) is 0 Å². The predicted octanol–water partition coefficient (Wildman–Crippen LogP) is 3.29. The minimum absolute atomic E-state index is 0.0892. The summed E-state index contributed by atoms with van der Waals surface area (Å²) >= 11 is 0. The molecule has 5 heteroatoms. The molecule has 1 N–H and O–H groups in total. The van der Waals surface area contributed by atoms with Crippen molar-refractivity contribution in [2.24, 2.45) is 5.41 Å². The molecule has 0 spiro atoms. The van der Waals surface area contributed by atoms with E-state index < -0.39 is 23.3 Å². The smallest absolute Gasteiger partial charge is 0.387 e. The summed E-state index contributed by atoms with van der Waals surface area (Å²) in [6.45, 7) is 2.94. The Labute approximate surface area is 97.3 Å². The van der Waals surface area contributed by atoms with Gasteiger partial charge in [-0.25, -0.2) is 0 Å². The van der Waals surface area contributed by atoms with E-state index in [1.807, 2.05) is 6.07 Å². The molecule has 0 heterocycles. The molecular weight excluding hydrogens is 231 g/mol. The second-order valence-electron chi connectivity index (χ2n) is 4.36. The van der Waals surface area contributed by atoms with Crippen LogP contribution in [0.2, 0.25) is 0 Å². The van der Waals surface area contributed by atoms with Crippen LogP contribution in [-0.2, 0) is 6.18 Å². The molecule has 0 radical (unpaired) electrons. The highest BCUT2D eigenvalue weighted by atomic mass is 19.4. The maximum Gasteiger partial charge on any atom is 0.416 e. The van der Waals surface area contributed by atoms with Gasteiger partial charge in [0.2, 0.25) is 0 Å². The van der Waals surface area contributed by atoms with Gasteiger partial charge in [0.05, 0.1) is 23.2 Å². The number of nitrogens with zero attached hydrogens (tertiary/aromatic N) is 1. The minimum atomic E-state index is -4.45. The van der Waals surface area contributed by atoms with Crippen LogP contribution in [0.5, 0.6) is 0 Å². The first-order chi connectivity index (χ1) is 7.68. The number of hydrogen-bond acceptors (Lipinski definition) is 2. The molecule has 0 aliphatic carbocycles. The Balaban J connectivity index is 3.14. The van der Waals surface area contributed by atoms with Crippen LogP contribution >= 0.6 is 0 Å². The third-order valence-corrected chi connectivity index (χ3v) is 2.50. The maximum absolute atomic E-state index is 12.5. The second-order valence-corrected chi connectivity index (χ2v) is 4.36. The molecule has 0 bridgehead atoms. The van der Waals surface area contributed by atoms with Crippen molar-refractivity contribution in [2.45, 2.75) is 26.1 Å². The fourth-order valence-electron chi connectivity index (χ4n) is 1.36. The molecule has 0 aliphatic heterocycles. The number of alkyl halides is 3. The topological polar surface area (TPSA) is 44.0 Å². The highest BCUT2D eigenvalue weighted by Crippen LogP contribution is 2.36. The van der Waals surface area contributed by atoms with Crippen molar-refractivity contribution >= 4 is 0 Å². The summed E-state index contributed by atoms with van der Waals surface area (Å²) in [7, 11) is 0. The number of halogens is 3. The lowest BCUT2D eigenvalue weighted by atomic mass is 9.84. The first-order valence-corrected chi connectivity index (χ1v) is 4.95. The molecule has 0 amide bonds. The highest BCUT2D eigenvalue weighted by molar-refractivity contribution is 5.29. The van der Waals surface area contributed by atoms with E-state index in [9.17, 15) is 18.3 Å². The summed E-state index contributed by atoms with van der Waals surface area (Å²) in [5.74, 6) is 0. The summed E-state index contributed by atoms with van der Waals surface area (Å²) in [5, 5.41) is 18.7. The van der Waals surface area contributed by atoms with Crippen LogP contribution in [0.1, 0.15) is 31.1 Å². The summed E-state index contributed by atoms with van der Waals surface area (Å²) in [5.41, 5.74) is -1.88. The molecule has 2 nitrogen and oxygen atoms in total. The first kappa shape index (κ1) is 13.5. The normalized spacial score (nSPS) is 14.2. The third kappa shape index (κ3) is 2.98. The number of aliphatic hydroxyl groups excluding tert-OH is 1. The van der Waals surface area contributed by atoms with E-state index in [0.29, 0.717) is 0 Å². The van der Waals surface area contributed by atoms with Crippen molar-refractivity contribution in [1.82, 2.24) is 0 Å². The van der Waals surface area contributed by atoms with E-state index in [1.165, 1.54) is 26.0 Å². The number of rotatable bonds is 2. The zero-order chi connectivity index (χ0) is 13.3. The lowest BCUT2D eigenvalue weighted by Gasteiger charge is -2.23. The van der Waals surface area contributed by atoms with Gasteiger partial charge in [-0.1, -0.05) is 12.1 Å².